The van der Waals surface area contributed by atoms with Crippen molar-refractivity contribution in [3.05, 3.63) is 60.4 Å². The first-order valence-electron chi connectivity index (χ1n) is 6.60. The van der Waals surface area contributed by atoms with Gasteiger partial charge in [-0.2, -0.15) is 5.26 Å². The standard InChI is InChI=1S/C16H11N3O3S/c17-10-13-15(12-8-4-5-9-14(12)23(18,20)21)16(19-22-13)11-6-2-1-3-7-11/h1-9H,(H2,18,20,21). The summed E-state index contributed by atoms with van der Waals surface area (Å²) >= 11 is 0. The number of nitriles is 1. The van der Waals surface area contributed by atoms with E-state index in [0.717, 1.165) is 0 Å². The van der Waals surface area contributed by atoms with Crippen molar-refractivity contribution in [1.29, 1.82) is 5.26 Å². The van der Waals surface area contributed by atoms with Gasteiger partial charge in [-0.15, -0.1) is 0 Å². The van der Waals surface area contributed by atoms with Crippen molar-refractivity contribution in [3.63, 3.8) is 0 Å². The summed E-state index contributed by atoms with van der Waals surface area (Å²) in [4.78, 5) is -0.0862. The first-order chi connectivity index (χ1) is 11.0. The minimum Gasteiger partial charge on any atom is -0.344 e. The third kappa shape index (κ3) is 2.73. The van der Waals surface area contributed by atoms with Gasteiger partial charge in [0.05, 0.1) is 10.5 Å². The highest BCUT2D eigenvalue weighted by Crippen LogP contribution is 2.37. The van der Waals surface area contributed by atoms with E-state index in [1.807, 2.05) is 24.3 Å². The number of benzene rings is 2. The van der Waals surface area contributed by atoms with Crippen LogP contribution in [0, 0.1) is 11.3 Å². The van der Waals surface area contributed by atoms with Gasteiger partial charge in [-0.05, 0) is 6.07 Å². The topological polar surface area (TPSA) is 110 Å². The van der Waals surface area contributed by atoms with E-state index in [4.69, 9.17) is 9.66 Å². The highest BCUT2D eigenvalue weighted by molar-refractivity contribution is 7.89. The second kappa shape index (κ2) is 5.68. The molecule has 23 heavy (non-hydrogen) atoms. The average Bonchev–Trinajstić information content (AvgIpc) is 2.98. The van der Waals surface area contributed by atoms with Crippen molar-refractivity contribution < 1.29 is 12.9 Å². The second-order valence-electron chi connectivity index (χ2n) is 4.75. The van der Waals surface area contributed by atoms with Crippen LogP contribution in [0.15, 0.2) is 64.0 Å². The average molecular weight is 325 g/mol. The van der Waals surface area contributed by atoms with Gasteiger partial charge in [0, 0.05) is 11.1 Å². The van der Waals surface area contributed by atoms with E-state index in [2.05, 4.69) is 5.16 Å². The van der Waals surface area contributed by atoms with Crippen LogP contribution in [0.4, 0.5) is 0 Å². The zero-order valence-electron chi connectivity index (χ0n) is 11.8. The summed E-state index contributed by atoms with van der Waals surface area (Å²) in [6, 6.07) is 17.1. The summed E-state index contributed by atoms with van der Waals surface area (Å²) in [6.45, 7) is 0. The van der Waals surface area contributed by atoms with Gasteiger partial charge in [-0.1, -0.05) is 53.7 Å². The van der Waals surface area contributed by atoms with Gasteiger partial charge in [-0.25, -0.2) is 13.6 Å². The Bertz CT molecular complexity index is 1000. The lowest BCUT2D eigenvalue weighted by molar-refractivity contribution is 0.413. The van der Waals surface area contributed by atoms with Gasteiger partial charge >= 0.3 is 0 Å². The van der Waals surface area contributed by atoms with Crippen molar-refractivity contribution in [2.75, 3.05) is 0 Å². The summed E-state index contributed by atoms with van der Waals surface area (Å²) < 4.78 is 28.8. The number of nitrogens with zero attached hydrogens (tertiary/aromatic N) is 2. The van der Waals surface area contributed by atoms with Crippen LogP contribution in [-0.4, -0.2) is 13.6 Å². The van der Waals surface area contributed by atoms with Crippen LogP contribution < -0.4 is 5.14 Å². The van der Waals surface area contributed by atoms with Gasteiger partial charge in [-0.3, -0.25) is 0 Å². The molecule has 6 nitrogen and oxygen atoms in total. The largest absolute Gasteiger partial charge is 0.344 e. The monoisotopic (exact) mass is 325 g/mol. The number of rotatable bonds is 3. The van der Waals surface area contributed by atoms with E-state index in [-0.39, 0.29) is 16.2 Å². The molecule has 1 heterocycles. The molecular weight excluding hydrogens is 314 g/mol. The molecule has 2 N–H and O–H groups in total. The molecule has 1 aromatic heterocycles. The lowest BCUT2D eigenvalue weighted by Crippen LogP contribution is -2.13. The summed E-state index contributed by atoms with van der Waals surface area (Å²) in [5.41, 5.74) is 1.69. The predicted octanol–water partition coefficient (Wildman–Crippen LogP) is 2.53. The van der Waals surface area contributed by atoms with Crippen LogP contribution >= 0.6 is 0 Å². The predicted molar refractivity (Wildman–Crippen MR) is 83.5 cm³/mol. The molecule has 2 aromatic carbocycles. The molecule has 0 saturated carbocycles. The van der Waals surface area contributed by atoms with Gasteiger partial charge in [0.25, 0.3) is 0 Å². The van der Waals surface area contributed by atoms with Crippen LogP contribution in [-0.2, 0) is 10.0 Å². The Kier molecular flexibility index (Phi) is 3.70. The first kappa shape index (κ1) is 15.0. The highest BCUT2D eigenvalue weighted by Gasteiger charge is 2.24. The van der Waals surface area contributed by atoms with Gasteiger partial charge in [0.15, 0.2) is 0 Å². The SMILES string of the molecule is N#Cc1onc(-c2ccccc2)c1-c1ccccc1S(N)(=O)=O. The van der Waals surface area contributed by atoms with Crippen LogP contribution in [0.1, 0.15) is 5.76 Å². The summed E-state index contributed by atoms with van der Waals surface area (Å²) in [7, 11) is -3.96. The molecule has 0 radical (unpaired) electrons. The molecule has 0 aliphatic rings. The van der Waals surface area contributed by atoms with Crippen molar-refractivity contribution in [3.8, 4) is 28.5 Å². The molecule has 7 heteroatoms. The van der Waals surface area contributed by atoms with E-state index in [1.54, 1.807) is 30.3 Å². The maximum atomic E-state index is 11.8. The first-order valence-corrected chi connectivity index (χ1v) is 8.14. The second-order valence-corrected chi connectivity index (χ2v) is 6.28. The number of primary sulfonamides is 1. The fourth-order valence-electron chi connectivity index (χ4n) is 2.33. The molecule has 0 atom stereocenters. The van der Waals surface area contributed by atoms with Crippen molar-refractivity contribution >= 4 is 10.0 Å². The third-order valence-corrected chi connectivity index (χ3v) is 4.27. The van der Waals surface area contributed by atoms with Crippen molar-refractivity contribution in [2.24, 2.45) is 5.14 Å². The fourth-order valence-corrected chi connectivity index (χ4v) is 3.08. The number of hydrogen-bond acceptors (Lipinski definition) is 5. The number of nitrogens with two attached hydrogens (primary N) is 1. The normalized spacial score (nSPS) is 11.1. The Morgan fingerprint density at radius 2 is 1.70 bits per heavy atom. The van der Waals surface area contributed by atoms with Crippen LogP contribution in [0.2, 0.25) is 0 Å². The molecule has 0 spiro atoms. The molecule has 0 aliphatic carbocycles. The number of hydrogen-bond donors (Lipinski definition) is 1. The number of aromatic nitrogens is 1. The molecule has 0 aliphatic heterocycles. The smallest absolute Gasteiger partial charge is 0.244 e. The maximum absolute atomic E-state index is 11.8. The molecular formula is C16H11N3O3S. The van der Waals surface area contributed by atoms with Gasteiger partial charge in [0.1, 0.15) is 11.8 Å². The maximum Gasteiger partial charge on any atom is 0.244 e. The molecule has 114 valence electrons. The summed E-state index contributed by atoms with van der Waals surface area (Å²) in [6.07, 6.45) is 0. The molecule has 0 unspecified atom stereocenters. The zero-order valence-corrected chi connectivity index (χ0v) is 12.6. The molecule has 0 bridgehead atoms. The lowest BCUT2D eigenvalue weighted by atomic mass is 9.99. The lowest BCUT2D eigenvalue weighted by Gasteiger charge is -2.07. The van der Waals surface area contributed by atoms with Crippen LogP contribution in [0.5, 0.6) is 0 Å². The van der Waals surface area contributed by atoms with Gasteiger partial charge < -0.3 is 4.52 Å². The van der Waals surface area contributed by atoms with Crippen molar-refractivity contribution in [1.82, 2.24) is 5.16 Å². The zero-order chi connectivity index (χ0) is 16.4. The van der Waals surface area contributed by atoms with E-state index < -0.39 is 10.0 Å². The summed E-state index contributed by atoms with van der Waals surface area (Å²) in [5, 5.41) is 18.5. The van der Waals surface area contributed by atoms with Crippen LogP contribution in [0.25, 0.3) is 22.4 Å². The molecule has 0 saturated heterocycles. The molecule has 3 rings (SSSR count). The Hall–Kier alpha value is -2.95. The fraction of sp³-hybridized carbons (Fsp3) is 0. The highest BCUT2D eigenvalue weighted by atomic mass is 32.2. The Balaban J connectivity index is 2.35. The Morgan fingerprint density at radius 3 is 2.35 bits per heavy atom. The molecule has 0 amide bonds. The van der Waals surface area contributed by atoms with Crippen LogP contribution in [0.3, 0.4) is 0 Å². The van der Waals surface area contributed by atoms with E-state index >= 15 is 0 Å². The summed E-state index contributed by atoms with van der Waals surface area (Å²) in [5.74, 6) is -0.0695. The molecule has 3 aromatic rings. The van der Waals surface area contributed by atoms with E-state index in [0.29, 0.717) is 16.8 Å². The van der Waals surface area contributed by atoms with E-state index in [9.17, 15) is 13.7 Å². The minimum absolute atomic E-state index is 0.0695. The Morgan fingerprint density at radius 1 is 1.04 bits per heavy atom. The third-order valence-electron chi connectivity index (χ3n) is 3.30. The quantitative estimate of drug-likeness (QED) is 0.795. The minimum atomic E-state index is -3.96. The molecule has 0 fully saturated rings. The Labute approximate surface area is 132 Å². The number of sulfonamides is 1. The van der Waals surface area contributed by atoms with Crippen molar-refractivity contribution in [2.45, 2.75) is 4.90 Å². The van der Waals surface area contributed by atoms with E-state index in [1.165, 1.54) is 6.07 Å². The van der Waals surface area contributed by atoms with Gasteiger partial charge in [0.2, 0.25) is 15.8 Å².